The molecule has 0 unspecified atom stereocenters. The Morgan fingerprint density at radius 1 is 1.15 bits per heavy atom. The summed E-state index contributed by atoms with van der Waals surface area (Å²) >= 11 is 0. The van der Waals surface area contributed by atoms with Gasteiger partial charge in [-0.15, -0.1) is 0 Å². The number of nitrogen functional groups attached to an aromatic ring is 1. The fourth-order valence-corrected chi connectivity index (χ4v) is 2.65. The number of nitrogens with two attached hydrogens (primary N) is 3. The largest absolute Gasteiger partial charge is 0.390 e. The van der Waals surface area contributed by atoms with E-state index in [1.165, 1.54) is 25.3 Å². The normalized spacial score (nSPS) is 11.6. The molecular formula is C18H26N8. The van der Waals surface area contributed by atoms with Crippen LogP contribution in [0.4, 0.5) is 5.82 Å². The first kappa shape index (κ1) is 19.3. The van der Waals surface area contributed by atoms with E-state index < -0.39 is 5.54 Å². The molecule has 6 N–H and O–H groups in total. The van der Waals surface area contributed by atoms with Crippen molar-refractivity contribution in [2.45, 2.75) is 26.3 Å². The fourth-order valence-electron chi connectivity index (χ4n) is 2.65. The Morgan fingerprint density at radius 3 is 2.42 bits per heavy atom. The van der Waals surface area contributed by atoms with E-state index in [9.17, 15) is 0 Å². The summed E-state index contributed by atoms with van der Waals surface area (Å²) in [6.07, 6.45) is 2.76. The van der Waals surface area contributed by atoms with Crippen molar-refractivity contribution in [3.63, 3.8) is 0 Å². The quantitative estimate of drug-likeness (QED) is 0.482. The number of aliphatic imine (C=N–C) groups is 1. The number of anilines is 1. The number of aryl methyl sites for hydroxylation is 1. The third kappa shape index (κ3) is 3.65. The van der Waals surface area contributed by atoms with Crippen LogP contribution < -0.4 is 17.2 Å². The van der Waals surface area contributed by atoms with E-state index in [1.807, 2.05) is 49.7 Å². The highest BCUT2D eigenvalue weighted by Crippen LogP contribution is 2.33. The molecule has 0 aliphatic heterocycles. The lowest BCUT2D eigenvalue weighted by Crippen LogP contribution is -2.31. The Labute approximate surface area is 153 Å². The van der Waals surface area contributed by atoms with E-state index in [0.29, 0.717) is 18.0 Å². The Bertz CT molecular complexity index is 893. The summed E-state index contributed by atoms with van der Waals surface area (Å²) in [6.45, 7) is 6.59. The molecule has 8 nitrogen and oxygen atoms in total. The second kappa shape index (κ2) is 7.92. The molecule has 0 fully saturated rings. The highest BCUT2D eigenvalue weighted by Gasteiger charge is 2.27. The first-order valence-corrected chi connectivity index (χ1v) is 8.28. The van der Waals surface area contributed by atoms with Crippen LogP contribution in [0.3, 0.4) is 0 Å². The summed E-state index contributed by atoms with van der Waals surface area (Å²) in [7, 11) is 1.50. The van der Waals surface area contributed by atoms with Crippen molar-refractivity contribution in [1.29, 1.82) is 0 Å². The van der Waals surface area contributed by atoms with Crippen LogP contribution in [0.1, 0.15) is 19.4 Å². The summed E-state index contributed by atoms with van der Waals surface area (Å²) in [4.78, 5) is 12.7. The summed E-state index contributed by atoms with van der Waals surface area (Å²) in [5.41, 5.74) is 19.2. The zero-order valence-electron chi connectivity index (χ0n) is 15.6. The number of hydrogen-bond donors (Lipinski definition) is 3. The van der Waals surface area contributed by atoms with Gasteiger partial charge in [0.1, 0.15) is 17.8 Å². The van der Waals surface area contributed by atoms with E-state index in [2.05, 4.69) is 20.7 Å². The number of aromatic nitrogens is 4. The third-order valence-corrected chi connectivity index (χ3v) is 3.98. The van der Waals surface area contributed by atoms with Gasteiger partial charge in [-0.1, -0.05) is 29.8 Å². The van der Waals surface area contributed by atoms with Crippen LogP contribution in [-0.4, -0.2) is 39.7 Å². The van der Waals surface area contributed by atoms with Crippen LogP contribution in [0, 0.1) is 6.92 Å². The monoisotopic (exact) mass is 354 g/mol. The minimum Gasteiger partial charge on any atom is -0.390 e. The summed E-state index contributed by atoms with van der Waals surface area (Å²) in [5.74, 6) is 0.417. The summed E-state index contributed by atoms with van der Waals surface area (Å²) in [5, 5.41) is 5.55. The predicted octanol–water partition coefficient (Wildman–Crippen LogP) is 1.68. The van der Waals surface area contributed by atoms with E-state index in [1.54, 1.807) is 0 Å². The van der Waals surface area contributed by atoms with Crippen molar-refractivity contribution >= 4 is 23.2 Å². The summed E-state index contributed by atoms with van der Waals surface area (Å²) in [6, 6.07) is 8.14. The topological polar surface area (TPSA) is 134 Å². The van der Waals surface area contributed by atoms with Gasteiger partial charge < -0.3 is 17.2 Å². The highest BCUT2D eigenvalue weighted by molar-refractivity contribution is 5.98. The highest BCUT2D eigenvalue weighted by atomic mass is 15.4. The van der Waals surface area contributed by atoms with Crippen molar-refractivity contribution in [3.05, 3.63) is 36.2 Å². The fraction of sp³-hybridized carbons (Fsp3) is 0.333. The van der Waals surface area contributed by atoms with Crippen molar-refractivity contribution in [2.75, 3.05) is 19.3 Å². The molecule has 26 heavy (non-hydrogen) atoms. The molecule has 0 radical (unpaired) electrons. The smallest absolute Gasteiger partial charge is 0.164 e. The van der Waals surface area contributed by atoms with Gasteiger partial charge in [-0.2, -0.15) is 5.10 Å². The molecule has 138 valence electrons. The van der Waals surface area contributed by atoms with E-state index in [4.69, 9.17) is 16.6 Å². The van der Waals surface area contributed by atoms with E-state index >= 15 is 0 Å². The van der Waals surface area contributed by atoms with Crippen molar-refractivity contribution in [3.8, 4) is 11.3 Å². The molecule has 0 aliphatic carbocycles. The zero-order valence-corrected chi connectivity index (χ0v) is 15.6. The minimum absolute atomic E-state index is 0.405. The van der Waals surface area contributed by atoms with Crippen molar-refractivity contribution < 1.29 is 0 Å². The van der Waals surface area contributed by atoms with Crippen LogP contribution in [0.25, 0.3) is 22.3 Å². The molecule has 0 spiro atoms. The molecule has 3 rings (SSSR count). The summed E-state index contributed by atoms with van der Waals surface area (Å²) < 4.78 is 1.85. The molecular weight excluding hydrogens is 328 g/mol. The molecule has 0 saturated heterocycles. The number of rotatable bonds is 4. The van der Waals surface area contributed by atoms with Crippen LogP contribution >= 0.6 is 0 Å². The van der Waals surface area contributed by atoms with Crippen LogP contribution in [0.15, 0.2) is 35.6 Å². The molecule has 1 aromatic carbocycles. The van der Waals surface area contributed by atoms with Gasteiger partial charge in [-0.05, 0) is 27.8 Å². The first-order valence-electron chi connectivity index (χ1n) is 8.28. The van der Waals surface area contributed by atoms with Gasteiger partial charge in [0.05, 0.1) is 23.8 Å². The molecule has 0 saturated carbocycles. The third-order valence-electron chi connectivity index (χ3n) is 3.98. The van der Waals surface area contributed by atoms with Gasteiger partial charge in [0.25, 0.3) is 0 Å². The second-order valence-corrected chi connectivity index (χ2v) is 6.39. The number of hydrogen-bond acceptors (Lipinski definition) is 6. The van der Waals surface area contributed by atoms with Crippen molar-refractivity contribution in [2.24, 2.45) is 16.5 Å². The van der Waals surface area contributed by atoms with Gasteiger partial charge in [0.2, 0.25) is 0 Å². The molecule has 0 atom stereocenters. The molecule has 2 heterocycles. The van der Waals surface area contributed by atoms with Gasteiger partial charge in [-0.25, -0.2) is 14.6 Å². The zero-order chi connectivity index (χ0) is 19.3. The molecule has 3 aromatic rings. The van der Waals surface area contributed by atoms with Crippen LogP contribution in [-0.2, 0) is 5.54 Å². The molecule has 0 amide bonds. The average Bonchev–Trinajstić information content (AvgIpc) is 3.04. The maximum atomic E-state index is 6.13. The van der Waals surface area contributed by atoms with E-state index in [0.717, 1.165) is 16.6 Å². The van der Waals surface area contributed by atoms with Gasteiger partial charge >= 0.3 is 0 Å². The standard InChI is InChI=1S/C17H21N7.CH5N/c1-11-4-6-12(7-5-11)14-13-15(19)21-10-22-16(13)24(23-14)17(2,3)8-20-9-18;1-2/h4-7,9-10H,8H2,1-3H3,(H2,18,20)(H2,19,21,22);2H2,1H3. The van der Waals surface area contributed by atoms with Gasteiger partial charge in [0.15, 0.2) is 5.65 Å². The molecule has 0 aliphatic rings. The number of benzene rings is 1. The lowest BCUT2D eigenvalue weighted by Gasteiger charge is -2.23. The molecule has 2 aromatic heterocycles. The Morgan fingerprint density at radius 2 is 1.81 bits per heavy atom. The predicted molar refractivity (Wildman–Crippen MR) is 107 cm³/mol. The molecule has 0 bridgehead atoms. The van der Waals surface area contributed by atoms with Gasteiger partial charge in [-0.3, -0.25) is 4.99 Å². The Kier molecular flexibility index (Phi) is 5.89. The van der Waals surface area contributed by atoms with E-state index in [-0.39, 0.29) is 0 Å². The Balaban J connectivity index is 0.00000117. The number of nitrogens with zero attached hydrogens (tertiary/aromatic N) is 5. The first-order chi connectivity index (χ1) is 12.4. The maximum Gasteiger partial charge on any atom is 0.164 e. The van der Waals surface area contributed by atoms with Crippen molar-refractivity contribution in [1.82, 2.24) is 19.7 Å². The molecule has 8 heteroatoms. The SMILES string of the molecule is CN.Cc1ccc(-c2nn(C(C)(C)CN=CN)c3ncnc(N)c23)cc1. The van der Waals surface area contributed by atoms with Crippen LogP contribution in [0.5, 0.6) is 0 Å². The second-order valence-electron chi connectivity index (χ2n) is 6.39. The Hall–Kier alpha value is -3.00. The number of fused-ring (bicyclic) bond motifs is 1. The maximum absolute atomic E-state index is 6.13. The lowest BCUT2D eigenvalue weighted by molar-refractivity contribution is 0.341. The van der Waals surface area contributed by atoms with Crippen LogP contribution in [0.2, 0.25) is 0 Å². The minimum atomic E-state index is -0.405. The lowest BCUT2D eigenvalue weighted by atomic mass is 10.1. The average molecular weight is 354 g/mol. The van der Waals surface area contributed by atoms with Gasteiger partial charge in [0, 0.05) is 5.56 Å².